The third-order valence-electron chi connectivity index (χ3n) is 3.84. The van der Waals surface area contributed by atoms with Gasteiger partial charge in [0.25, 0.3) is 0 Å². The second-order valence-corrected chi connectivity index (χ2v) is 5.14. The molecule has 3 nitrogen and oxygen atoms in total. The molecular formula is C13H26N2O. The molecule has 0 atom stereocenters. The number of ether oxygens (including phenoxy) is 1. The van der Waals surface area contributed by atoms with Crippen molar-refractivity contribution in [1.82, 2.24) is 10.6 Å². The van der Waals surface area contributed by atoms with Crippen LogP contribution in [0.3, 0.4) is 0 Å². The highest BCUT2D eigenvalue weighted by atomic mass is 16.5. The van der Waals surface area contributed by atoms with Crippen LogP contribution in [0.25, 0.3) is 0 Å². The normalized spacial score (nSPS) is 30.6. The smallest absolute Gasteiger partial charge is 0.0604 e. The Morgan fingerprint density at radius 2 is 1.62 bits per heavy atom. The van der Waals surface area contributed by atoms with Crippen LogP contribution in [-0.4, -0.2) is 37.9 Å². The van der Waals surface area contributed by atoms with Crippen molar-refractivity contribution in [3.8, 4) is 0 Å². The molecule has 0 saturated heterocycles. The average molecular weight is 226 g/mol. The molecule has 0 spiro atoms. The molecule has 0 bridgehead atoms. The van der Waals surface area contributed by atoms with Gasteiger partial charge >= 0.3 is 0 Å². The predicted molar refractivity (Wildman–Crippen MR) is 66.7 cm³/mol. The Labute approximate surface area is 99.3 Å². The maximum atomic E-state index is 5.54. The van der Waals surface area contributed by atoms with Crippen molar-refractivity contribution in [3.63, 3.8) is 0 Å². The molecule has 0 amide bonds. The van der Waals surface area contributed by atoms with E-state index in [0.29, 0.717) is 12.1 Å². The predicted octanol–water partition coefficient (Wildman–Crippen LogP) is 1.68. The Bertz CT molecular complexity index is 186. The van der Waals surface area contributed by atoms with Gasteiger partial charge in [-0.05, 0) is 32.6 Å². The third-order valence-corrected chi connectivity index (χ3v) is 3.84. The van der Waals surface area contributed by atoms with Gasteiger partial charge in [0, 0.05) is 31.8 Å². The number of hydrogen-bond acceptors (Lipinski definition) is 3. The molecule has 0 aliphatic heterocycles. The van der Waals surface area contributed by atoms with Gasteiger partial charge in [-0.2, -0.15) is 0 Å². The summed E-state index contributed by atoms with van der Waals surface area (Å²) in [4.78, 5) is 0. The summed E-state index contributed by atoms with van der Waals surface area (Å²) in [6.45, 7) is 5.17. The van der Waals surface area contributed by atoms with Crippen LogP contribution in [0.2, 0.25) is 0 Å². The Hall–Kier alpha value is -0.120. The van der Waals surface area contributed by atoms with Gasteiger partial charge < -0.3 is 15.4 Å². The van der Waals surface area contributed by atoms with Gasteiger partial charge in [-0.15, -0.1) is 0 Å². The largest absolute Gasteiger partial charge is 0.378 e. The van der Waals surface area contributed by atoms with Crippen LogP contribution >= 0.6 is 0 Å². The number of nitrogens with one attached hydrogen (secondary N) is 2. The summed E-state index contributed by atoms with van der Waals surface area (Å²) in [7, 11) is 0. The Balaban J connectivity index is 1.41. The zero-order valence-electron chi connectivity index (χ0n) is 10.5. The third kappa shape index (κ3) is 3.72. The first kappa shape index (κ1) is 12.3. The van der Waals surface area contributed by atoms with Gasteiger partial charge in [0.1, 0.15) is 0 Å². The molecule has 2 N–H and O–H groups in total. The maximum absolute atomic E-state index is 5.54. The molecule has 0 aromatic heterocycles. The van der Waals surface area contributed by atoms with Crippen molar-refractivity contribution < 1.29 is 4.74 Å². The lowest BCUT2D eigenvalue weighted by molar-refractivity contribution is -0.00963. The first-order valence-electron chi connectivity index (χ1n) is 6.97. The van der Waals surface area contributed by atoms with E-state index in [1.54, 1.807) is 0 Å². The molecule has 2 saturated carbocycles. The molecule has 0 radical (unpaired) electrons. The van der Waals surface area contributed by atoms with Gasteiger partial charge in [-0.25, -0.2) is 0 Å². The molecular weight excluding hydrogens is 200 g/mol. The van der Waals surface area contributed by atoms with Crippen molar-refractivity contribution in [3.05, 3.63) is 0 Å². The van der Waals surface area contributed by atoms with E-state index < -0.39 is 0 Å². The van der Waals surface area contributed by atoms with Crippen LogP contribution in [0.15, 0.2) is 0 Å². The van der Waals surface area contributed by atoms with Gasteiger partial charge in [-0.1, -0.05) is 12.8 Å². The van der Waals surface area contributed by atoms with Crippen molar-refractivity contribution in [2.24, 2.45) is 0 Å². The van der Waals surface area contributed by atoms with E-state index in [2.05, 4.69) is 17.6 Å². The summed E-state index contributed by atoms with van der Waals surface area (Å²) in [5.41, 5.74) is 0. The lowest BCUT2D eigenvalue weighted by Crippen LogP contribution is -2.47. The minimum atomic E-state index is 0.533. The zero-order valence-corrected chi connectivity index (χ0v) is 10.5. The molecule has 0 unspecified atom stereocenters. The Kier molecular flexibility index (Phi) is 5.07. The maximum Gasteiger partial charge on any atom is 0.0604 e. The summed E-state index contributed by atoms with van der Waals surface area (Å²) >= 11 is 0. The lowest BCUT2D eigenvalue weighted by atomic mass is 9.89. The standard InChI is InChI=1S/C13H26N2O/c1-2-16-13-9-12(10-13)15-8-7-14-11-5-3-4-6-11/h11-15H,2-10H2,1H3. The number of hydrogen-bond donors (Lipinski definition) is 2. The fraction of sp³-hybridized carbons (Fsp3) is 1.00. The highest BCUT2D eigenvalue weighted by Gasteiger charge is 2.28. The monoisotopic (exact) mass is 226 g/mol. The summed E-state index contributed by atoms with van der Waals surface area (Å²) in [6.07, 6.45) is 8.55. The van der Waals surface area contributed by atoms with Crippen molar-refractivity contribution >= 4 is 0 Å². The van der Waals surface area contributed by atoms with Crippen LogP contribution < -0.4 is 10.6 Å². The highest BCUT2D eigenvalue weighted by molar-refractivity contribution is 4.86. The van der Waals surface area contributed by atoms with Gasteiger partial charge in [0.15, 0.2) is 0 Å². The SMILES string of the molecule is CCOC1CC(NCCNC2CCCC2)C1. The van der Waals surface area contributed by atoms with Crippen LogP contribution in [0.1, 0.15) is 45.4 Å². The first-order chi connectivity index (χ1) is 7.88. The molecule has 0 aromatic carbocycles. The summed E-state index contributed by atoms with van der Waals surface area (Å²) in [5.74, 6) is 0. The minimum absolute atomic E-state index is 0.533. The summed E-state index contributed by atoms with van der Waals surface area (Å²) in [6, 6.07) is 1.52. The quantitative estimate of drug-likeness (QED) is 0.648. The fourth-order valence-electron chi connectivity index (χ4n) is 2.79. The van der Waals surface area contributed by atoms with E-state index in [0.717, 1.165) is 25.7 Å². The van der Waals surface area contributed by atoms with Gasteiger partial charge in [0.2, 0.25) is 0 Å². The second kappa shape index (κ2) is 6.58. The average Bonchev–Trinajstić information content (AvgIpc) is 2.72. The molecule has 0 aromatic rings. The molecule has 2 aliphatic rings. The van der Waals surface area contributed by atoms with E-state index >= 15 is 0 Å². The molecule has 2 aliphatic carbocycles. The van der Waals surface area contributed by atoms with E-state index in [1.165, 1.54) is 38.5 Å². The molecule has 16 heavy (non-hydrogen) atoms. The van der Waals surface area contributed by atoms with Crippen LogP contribution in [0.5, 0.6) is 0 Å². The van der Waals surface area contributed by atoms with Gasteiger partial charge in [-0.3, -0.25) is 0 Å². The minimum Gasteiger partial charge on any atom is -0.378 e. The zero-order chi connectivity index (χ0) is 11.2. The molecule has 0 heterocycles. The Morgan fingerprint density at radius 1 is 1.00 bits per heavy atom. The Morgan fingerprint density at radius 3 is 2.25 bits per heavy atom. The molecule has 94 valence electrons. The fourth-order valence-corrected chi connectivity index (χ4v) is 2.79. The van der Waals surface area contributed by atoms with E-state index in [-0.39, 0.29) is 0 Å². The highest BCUT2D eigenvalue weighted by Crippen LogP contribution is 2.22. The van der Waals surface area contributed by atoms with Crippen LogP contribution in [0.4, 0.5) is 0 Å². The molecule has 2 fully saturated rings. The molecule has 3 heteroatoms. The topological polar surface area (TPSA) is 33.3 Å². The van der Waals surface area contributed by atoms with Crippen molar-refractivity contribution in [1.29, 1.82) is 0 Å². The summed E-state index contributed by atoms with van der Waals surface area (Å²) < 4.78 is 5.54. The van der Waals surface area contributed by atoms with E-state index in [4.69, 9.17) is 4.74 Å². The van der Waals surface area contributed by atoms with Crippen molar-refractivity contribution in [2.75, 3.05) is 19.7 Å². The van der Waals surface area contributed by atoms with Crippen LogP contribution in [0, 0.1) is 0 Å². The van der Waals surface area contributed by atoms with E-state index in [1.807, 2.05) is 0 Å². The summed E-state index contributed by atoms with van der Waals surface area (Å²) in [5, 5.41) is 7.22. The van der Waals surface area contributed by atoms with Gasteiger partial charge in [0.05, 0.1) is 6.10 Å². The van der Waals surface area contributed by atoms with E-state index in [9.17, 15) is 0 Å². The second-order valence-electron chi connectivity index (χ2n) is 5.14. The van der Waals surface area contributed by atoms with Crippen molar-refractivity contribution in [2.45, 2.75) is 63.6 Å². The number of rotatable bonds is 7. The lowest BCUT2D eigenvalue weighted by Gasteiger charge is -2.35. The molecule has 2 rings (SSSR count). The van der Waals surface area contributed by atoms with Crippen LogP contribution in [-0.2, 0) is 4.74 Å². The first-order valence-corrected chi connectivity index (χ1v) is 6.97.